The minimum absolute atomic E-state index is 0.0524. The van der Waals surface area contributed by atoms with E-state index in [0.717, 1.165) is 0 Å². The SMILES string of the molecule is CCC(Cl)COC(=O)C(=O)O. The smallest absolute Gasteiger partial charge is 0.417 e. The van der Waals surface area contributed by atoms with Crippen molar-refractivity contribution in [1.29, 1.82) is 0 Å². The van der Waals surface area contributed by atoms with Gasteiger partial charge >= 0.3 is 11.9 Å². The van der Waals surface area contributed by atoms with Crippen molar-refractivity contribution in [3.63, 3.8) is 0 Å². The molecule has 0 amide bonds. The molecule has 0 rings (SSSR count). The quantitative estimate of drug-likeness (QED) is 0.393. The lowest BCUT2D eigenvalue weighted by Gasteiger charge is -2.04. The van der Waals surface area contributed by atoms with E-state index in [0.29, 0.717) is 6.42 Å². The third kappa shape index (κ3) is 4.61. The molecular formula is C6H9ClO4. The molecule has 0 spiro atoms. The molecule has 0 aromatic heterocycles. The first-order chi connectivity index (χ1) is 5.07. The van der Waals surface area contributed by atoms with Crippen LogP contribution >= 0.6 is 11.6 Å². The highest BCUT2D eigenvalue weighted by molar-refractivity contribution is 6.28. The zero-order chi connectivity index (χ0) is 8.85. The van der Waals surface area contributed by atoms with Gasteiger partial charge in [0.2, 0.25) is 0 Å². The van der Waals surface area contributed by atoms with Crippen LogP contribution in [0.2, 0.25) is 0 Å². The number of esters is 1. The van der Waals surface area contributed by atoms with Crippen molar-refractivity contribution in [1.82, 2.24) is 0 Å². The van der Waals surface area contributed by atoms with Crippen molar-refractivity contribution in [3.05, 3.63) is 0 Å². The third-order valence-corrected chi connectivity index (χ3v) is 1.45. The number of alkyl halides is 1. The number of hydrogen-bond donors (Lipinski definition) is 1. The van der Waals surface area contributed by atoms with Gasteiger partial charge in [-0.1, -0.05) is 6.92 Å². The van der Waals surface area contributed by atoms with Gasteiger partial charge in [-0.15, -0.1) is 11.6 Å². The van der Waals surface area contributed by atoms with Crippen LogP contribution < -0.4 is 0 Å². The summed E-state index contributed by atoms with van der Waals surface area (Å²) >= 11 is 5.54. The average Bonchev–Trinajstić information content (AvgIpc) is 1.99. The largest absolute Gasteiger partial charge is 0.473 e. The number of rotatable bonds is 3. The Labute approximate surface area is 69.1 Å². The van der Waals surface area contributed by atoms with Gasteiger partial charge in [0, 0.05) is 0 Å². The predicted octanol–water partition coefficient (Wildman–Crippen LogP) is 0.632. The van der Waals surface area contributed by atoms with Crippen LogP contribution in [0.4, 0.5) is 0 Å². The van der Waals surface area contributed by atoms with Crippen LogP contribution in [-0.4, -0.2) is 29.0 Å². The molecule has 0 aliphatic rings. The highest BCUT2D eigenvalue weighted by Gasteiger charge is 2.14. The fourth-order valence-electron chi connectivity index (χ4n) is 0.346. The Morgan fingerprint density at radius 1 is 1.64 bits per heavy atom. The van der Waals surface area contributed by atoms with Gasteiger partial charge < -0.3 is 9.84 Å². The Bertz CT molecular complexity index is 157. The van der Waals surface area contributed by atoms with E-state index >= 15 is 0 Å². The molecule has 1 N–H and O–H groups in total. The summed E-state index contributed by atoms with van der Waals surface area (Å²) in [6.07, 6.45) is 0.633. The molecule has 0 aromatic carbocycles. The maximum Gasteiger partial charge on any atom is 0.417 e. The Morgan fingerprint density at radius 2 is 2.18 bits per heavy atom. The fraction of sp³-hybridized carbons (Fsp3) is 0.667. The molecule has 0 aliphatic heterocycles. The lowest BCUT2D eigenvalue weighted by molar-refractivity contribution is -0.163. The van der Waals surface area contributed by atoms with E-state index in [9.17, 15) is 9.59 Å². The maximum absolute atomic E-state index is 10.3. The van der Waals surface area contributed by atoms with Gasteiger partial charge in [0.15, 0.2) is 0 Å². The number of ether oxygens (including phenoxy) is 1. The lowest BCUT2D eigenvalue weighted by Crippen LogP contribution is -2.20. The van der Waals surface area contributed by atoms with Gasteiger partial charge in [0.05, 0.1) is 5.38 Å². The first kappa shape index (κ1) is 10.2. The maximum atomic E-state index is 10.3. The van der Waals surface area contributed by atoms with Gasteiger partial charge in [0.25, 0.3) is 0 Å². The molecule has 4 nitrogen and oxygen atoms in total. The van der Waals surface area contributed by atoms with E-state index in [1.54, 1.807) is 0 Å². The number of carbonyl (C=O) groups is 2. The van der Waals surface area contributed by atoms with Crippen LogP contribution in [0.1, 0.15) is 13.3 Å². The predicted molar refractivity (Wildman–Crippen MR) is 38.5 cm³/mol. The van der Waals surface area contributed by atoms with E-state index in [1.807, 2.05) is 6.92 Å². The zero-order valence-corrected chi connectivity index (χ0v) is 6.80. The first-order valence-corrected chi connectivity index (χ1v) is 3.55. The molecule has 1 atom stereocenters. The highest BCUT2D eigenvalue weighted by Crippen LogP contribution is 2.00. The van der Waals surface area contributed by atoms with Crippen molar-refractivity contribution in [3.8, 4) is 0 Å². The topological polar surface area (TPSA) is 63.6 Å². The summed E-state index contributed by atoms with van der Waals surface area (Å²) in [6, 6.07) is 0. The van der Waals surface area contributed by atoms with Gasteiger partial charge in [0.1, 0.15) is 6.61 Å². The van der Waals surface area contributed by atoms with Crippen LogP contribution in [-0.2, 0) is 14.3 Å². The molecule has 11 heavy (non-hydrogen) atoms. The van der Waals surface area contributed by atoms with Crippen LogP contribution in [0.25, 0.3) is 0 Å². The monoisotopic (exact) mass is 180 g/mol. The fourth-order valence-corrected chi connectivity index (χ4v) is 0.409. The molecule has 5 heteroatoms. The molecule has 0 bridgehead atoms. The molecule has 0 fully saturated rings. The summed E-state index contributed by atoms with van der Waals surface area (Å²) in [5.41, 5.74) is 0. The van der Waals surface area contributed by atoms with E-state index in [-0.39, 0.29) is 12.0 Å². The number of carboxylic acid groups (broad SMARTS) is 1. The van der Waals surface area contributed by atoms with E-state index in [2.05, 4.69) is 4.74 Å². The van der Waals surface area contributed by atoms with Crippen LogP contribution in [0.15, 0.2) is 0 Å². The molecular weight excluding hydrogens is 172 g/mol. The minimum Gasteiger partial charge on any atom is -0.473 e. The second kappa shape index (κ2) is 4.96. The van der Waals surface area contributed by atoms with Crippen molar-refractivity contribution in [2.24, 2.45) is 0 Å². The number of aliphatic carboxylic acids is 1. The molecule has 0 radical (unpaired) electrons. The second-order valence-electron chi connectivity index (χ2n) is 1.91. The number of carbonyl (C=O) groups excluding carboxylic acids is 1. The summed E-state index contributed by atoms with van der Waals surface area (Å²) in [5, 5.41) is 7.74. The normalized spacial score (nSPS) is 12.2. The summed E-state index contributed by atoms with van der Waals surface area (Å²) < 4.78 is 4.29. The van der Waals surface area contributed by atoms with Crippen LogP contribution in [0, 0.1) is 0 Å². The molecule has 64 valence electrons. The van der Waals surface area contributed by atoms with Crippen LogP contribution in [0.3, 0.4) is 0 Å². The van der Waals surface area contributed by atoms with E-state index in [1.165, 1.54) is 0 Å². The van der Waals surface area contributed by atoms with Gasteiger partial charge in [-0.05, 0) is 6.42 Å². The highest BCUT2D eigenvalue weighted by atomic mass is 35.5. The molecule has 0 saturated carbocycles. The Hall–Kier alpha value is -0.770. The van der Waals surface area contributed by atoms with E-state index < -0.39 is 11.9 Å². The van der Waals surface area contributed by atoms with Crippen LogP contribution in [0.5, 0.6) is 0 Å². The minimum atomic E-state index is -1.59. The zero-order valence-electron chi connectivity index (χ0n) is 6.04. The van der Waals surface area contributed by atoms with Crippen molar-refractivity contribution < 1.29 is 19.4 Å². The standard InChI is InChI=1S/C6H9ClO4/c1-2-4(7)3-11-6(10)5(8)9/h4H,2-3H2,1H3,(H,8,9). The van der Waals surface area contributed by atoms with Crippen molar-refractivity contribution >= 4 is 23.5 Å². The van der Waals surface area contributed by atoms with Gasteiger partial charge in [-0.2, -0.15) is 0 Å². The van der Waals surface area contributed by atoms with E-state index in [4.69, 9.17) is 16.7 Å². The Morgan fingerprint density at radius 3 is 2.55 bits per heavy atom. The second-order valence-corrected chi connectivity index (χ2v) is 2.53. The van der Waals surface area contributed by atoms with Crippen molar-refractivity contribution in [2.45, 2.75) is 18.7 Å². The van der Waals surface area contributed by atoms with Gasteiger partial charge in [-0.3, -0.25) is 0 Å². The Balaban J connectivity index is 3.54. The third-order valence-electron chi connectivity index (χ3n) is 1.01. The number of hydrogen-bond acceptors (Lipinski definition) is 3. The molecule has 1 unspecified atom stereocenters. The molecule has 0 saturated heterocycles. The molecule has 0 aliphatic carbocycles. The summed E-state index contributed by atoms with van der Waals surface area (Å²) in [4.78, 5) is 20.2. The lowest BCUT2D eigenvalue weighted by atomic mass is 10.3. The Kier molecular flexibility index (Phi) is 4.61. The summed E-state index contributed by atoms with van der Waals surface area (Å²) in [6.45, 7) is 1.76. The molecule has 0 aromatic rings. The van der Waals surface area contributed by atoms with Gasteiger partial charge in [-0.25, -0.2) is 9.59 Å². The summed E-state index contributed by atoms with van der Waals surface area (Å²) in [7, 11) is 0. The summed E-state index contributed by atoms with van der Waals surface area (Å²) in [5.74, 6) is -2.85. The van der Waals surface area contributed by atoms with Crippen molar-refractivity contribution in [2.75, 3.05) is 6.61 Å². The number of carboxylic acids is 1. The number of halogens is 1. The first-order valence-electron chi connectivity index (χ1n) is 3.12. The average molecular weight is 181 g/mol. The molecule has 0 heterocycles.